The van der Waals surface area contributed by atoms with Crippen LogP contribution in [0.5, 0.6) is 0 Å². The van der Waals surface area contributed by atoms with Gasteiger partial charge in [-0.05, 0) is 38.0 Å². The number of aliphatic hydroxyl groups excluding tert-OH is 1. The van der Waals surface area contributed by atoms with E-state index in [1.165, 1.54) is 5.56 Å². The Balaban J connectivity index is 1.87. The Hall–Kier alpha value is -2.53. The van der Waals surface area contributed by atoms with Crippen LogP contribution in [0, 0.1) is 6.92 Å². The molecule has 1 N–H and O–H groups in total. The first-order valence-electron chi connectivity index (χ1n) is 7.74. The maximum Gasteiger partial charge on any atom is 0.160 e. The molecule has 0 radical (unpaired) electrons. The van der Waals surface area contributed by atoms with Gasteiger partial charge in [-0.2, -0.15) is 5.10 Å². The molecule has 3 rings (SSSR count). The summed E-state index contributed by atoms with van der Waals surface area (Å²) in [7, 11) is 0. The van der Waals surface area contributed by atoms with Crippen molar-refractivity contribution < 1.29 is 5.11 Å². The number of aromatic nitrogens is 4. The molecule has 5 nitrogen and oxygen atoms in total. The highest BCUT2D eigenvalue weighted by molar-refractivity contribution is 5.32. The zero-order valence-electron chi connectivity index (χ0n) is 13.3. The lowest BCUT2D eigenvalue weighted by Crippen LogP contribution is -2.06. The lowest BCUT2D eigenvalue weighted by molar-refractivity contribution is 0.186. The molecule has 0 aliphatic rings. The number of nitrogens with zero attached hydrogens (tertiary/aromatic N) is 4. The molecular weight excluding hydrogens is 288 g/mol. The number of hydrogen-bond donors (Lipinski definition) is 1. The number of aliphatic hydroxyl groups is 1. The summed E-state index contributed by atoms with van der Waals surface area (Å²) in [5.41, 5.74) is 3.02. The van der Waals surface area contributed by atoms with E-state index < -0.39 is 6.10 Å². The molecule has 0 amide bonds. The van der Waals surface area contributed by atoms with E-state index in [-0.39, 0.29) is 0 Å². The van der Waals surface area contributed by atoms with Crippen LogP contribution in [0.3, 0.4) is 0 Å². The molecule has 2 heterocycles. The first-order valence-corrected chi connectivity index (χ1v) is 7.74. The third-order valence-electron chi connectivity index (χ3n) is 3.65. The number of aryl methyl sites for hydroxylation is 3. The zero-order chi connectivity index (χ0) is 16.2. The summed E-state index contributed by atoms with van der Waals surface area (Å²) in [6.45, 7) is 3.63. The highest BCUT2D eigenvalue weighted by Gasteiger charge is 2.16. The molecule has 0 spiro atoms. The molecule has 0 saturated heterocycles. The summed E-state index contributed by atoms with van der Waals surface area (Å²) in [6.07, 6.45) is 2.67. The van der Waals surface area contributed by atoms with Crippen molar-refractivity contribution in [2.45, 2.75) is 32.8 Å². The van der Waals surface area contributed by atoms with Gasteiger partial charge in [0.1, 0.15) is 6.10 Å². The van der Waals surface area contributed by atoms with Gasteiger partial charge in [0, 0.05) is 18.3 Å². The summed E-state index contributed by atoms with van der Waals surface area (Å²) in [5.74, 6) is 1.29. The van der Waals surface area contributed by atoms with Crippen molar-refractivity contribution in [1.29, 1.82) is 0 Å². The zero-order valence-corrected chi connectivity index (χ0v) is 13.3. The van der Waals surface area contributed by atoms with E-state index in [0.29, 0.717) is 5.82 Å². The monoisotopic (exact) mass is 308 g/mol. The Bertz CT molecular complexity index is 781. The van der Waals surface area contributed by atoms with Crippen molar-refractivity contribution in [3.63, 3.8) is 0 Å². The van der Waals surface area contributed by atoms with Crippen LogP contribution in [0.4, 0.5) is 0 Å². The average Bonchev–Trinajstić information content (AvgIpc) is 2.98. The van der Waals surface area contributed by atoms with Gasteiger partial charge in [-0.3, -0.25) is 4.98 Å². The fourth-order valence-electron chi connectivity index (χ4n) is 2.50. The topological polar surface area (TPSA) is 63.8 Å². The molecule has 0 unspecified atom stereocenters. The summed E-state index contributed by atoms with van der Waals surface area (Å²) in [4.78, 5) is 8.71. The third kappa shape index (κ3) is 3.63. The predicted octanol–water partition coefficient (Wildman–Crippen LogP) is 2.81. The average molecular weight is 308 g/mol. The van der Waals surface area contributed by atoms with Crippen molar-refractivity contribution in [2.24, 2.45) is 0 Å². The van der Waals surface area contributed by atoms with Gasteiger partial charge in [0.15, 0.2) is 11.6 Å². The lowest BCUT2D eigenvalue weighted by Gasteiger charge is -2.07. The second-order valence-electron chi connectivity index (χ2n) is 5.62. The number of pyridine rings is 1. The molecule has 0 fully saturated rings. The maximum absolute atomic E-state index is 9.99. The van der Waals surface area contributed by atoms with Crippen LogP contribution < -0.4 is 0 Å². The van der Waals surface area contributed by atoms with Crippen molar-refractivity contribution >= 4 is 0 Å². The second kappa shape index (κ2) is 6.71. The molecule has 1 atom stereocenters. The maximum atomic E-state index is 9.99. The standard InChI is InChI=1S/C18H20N4O/c1-13-12-16(10-11-19-13)22-18(14(2)23)20-17(21-22)9-8-15-6-4-3-5-7-15/h3-7,10-12,14,23H,8-9H2,1-2H3/t14-/m0/s1. The van der Waals surface area contributed by atoms with E-state index in [9.17, 15) is 5.11 Å². The van der Waals surface area contributed by atoms with Gasteiger partial charge in [-0.25, -0.2) is 9.67 Å². The van der Waals surface area contributed by atoms with Gasteiger partial charge >= 0.3 is 0 Å². The highest BCUT2D eigenvalue weighted by Crippen LogP contribution is 2.17. The predicted molar refractivity (Wildman–Crippen MR) is 88.4 cm³/mol. The number of hydrogen-bond acceptors (Lipinski definition) is 4. The number of rotatable bonds is 5. The van der Waals surface area contributed by atoms with Crippen molar-refractivity contribution in [3.05, 3.63) is 71.6 Å². The van der Waals surface area contributed by atoms with Crippen LogP contribution in [0.15, 0.2) is 48.7 Å². The van der Waals surface area contributed by atoms with Gasteiger partial charge < -0.3 is 5.11 Å². The molecule has 0 bridgehead atoms. The molecule has 0 aliphatic carbocycles. The molecular formula is C18H20N4O. The van der Waals surface area contributed by atoms with Gasteiger partial charge in [-0.1, -0.05) is 30.3 Å². The van der Waals surface area contributed by atoms with E-state index in [0.717, 1.165) is 30.0 Å². The van der Waals surface area contributed by atoms with Crippen LogP contribution in [0.25, 0.3) is 5.69 Å². The third-order valence-corrected chi connectivity index (χ3v) is 3.65. The molecule has 118 valence electrons. The Morgan fingerprint density at radius 1 is 1.13 bits per heavy atom. The minimum Gasteiger partial charge on any atom is -0.385 e. The second-order valence-corrected chi connectivity index (χ2v) is 5.62. The van der Waals surface area contributed by atoms with Crippen LogP contribution in [0.1, 0.15) is 35.9 Å². The summed E-state index contributed by atoms with van der Waals surface area (Å²) in [5, 5.41) is 14.6. The fourth-order valence-corrected chi connectivity index (χ4v) is 2.50. The largest absolute Gasteiger partial charge is 0.385 e. The Kier molecular flexibility index (Phi) is 4.48. The Morgan fingerprint density at radius 3 is 2.61 bits per heavy atom. The van der Waals surface area contributed by atoms with E-state index in [2.05, 4.69) is 27.2 Å². The molecule has 2 aromatic heterocycles. The molecule has 0 saturated carbocycles. The minimum atomic E-state index is -0.679. The van der Waals surface area contributed by atoms with E-state index in [4.69, 9.17) is 0 Å². The SMILES string of the molecule is Cc1cc(-n2nc(CCc3ccccc3)nc2[C@H](C)O)ccn1. The number of benzene rings is 1. The Morgan fingerprint density at radius 2 is 1.91 bits per heavy atom. The van der Waals surface area contributed by atoms with E-state index in [1.807, 2.05) is 37.3 Å². The van der Waals surface area contributed by atoms with Gasteiger partial charge in [0.25, 0.3) is 0 Å². The summed E-state index contributed by atoms with van der Waals surface area (Å²) < 4.78 is 1.71. The van der Waals surface area contributed by atoms with Crippen molar-refractivity contribution in [1.82, 2.24) is 19.7 Å². The quantitative estimate of drug-likeness (QED) is 0.787. The highest BCUT2D eigenvalue weighted by atomic mass is 16.3. The van der Waals surface area contributed by atoms with Crippen LogP contribution in [0.2, 0.25) is 0 Å². The summed E-state index contributed by atoms with van der Waals surface area (Å²) >= 11 is 0. The van der Waals surface area contributed by atoms with Gasteiger partial charge in [0.2, 0.25) is 0 Å². The first kappa shape index (κ1) is 15.4. The molecule has 23 heavy (non-hydrogen) atoms. The Labute approximate surface area is 135 Å². The van der Waals surface area contributed by atoms with Crippen LogP contribution in [-0.2, 0) is 12.8 Å². The molecule has 5 heteroatoms. The molecule has 1 aromatic carbocycles. The van der Waals surface area contributed by atoms with Crippen LogP contribution in [-0.4, -0.2) is 24.9 Å². The first-order chi connectivity index (χ1) is 11.1. The van der Waals surface area contributed by atoms with Gasteiger partial charge in [-0.15, -0.1) is 0 Å². The van der Waals surface area contributed by atoms with E-state index >= 15 is 0 Å². The molecule has 0 aliphatic heterocycles. The smallest absolute Gasteiger partial charge is 0.160 e. The van der Waals surface area contributed by atoms with Crippen LogP contribution >= 0.6 is 0 Å². The van der Waals surface area contributed by atoms with Crippen molar-refractivity contribution in [3.8, 4) is 5.69 Å². The van der Waals surface area contributed by atoms with Crippen molar-refractivity contribution in [2.75, 3.05) is 0 Å². The van der Waals surface area contributed by atoms with Gasteiger partial charge in [0.05, 0.1) is 5.69 Å². The van der Waals surface area contributed by atoms with E-state index in [1.54, 1.807) is 17.8 Å². The minimum absolute atomic E-state index is 0.554. The molecule has 3 aromatic rings. The normalized spacial score (nSPS) is 12.3. The summed E-state index contributed by atoms with van der Waals surface area (Å²) in [6, 6.07) is 14.1. The lowest BCUT2D eigenvalue weighted by atomic mass is 10.1. The fraction of sp³-hybridized carbons (Fsp3) is 0.278.